The van der Waals surface area contributed by atoms with Crippen molar-refractivity contribution in [2.24, 2.45) is 0 Å². The number of rotatable bonds is 2. The van der Waals surface area contributed by atoms with Crippen LogP contribution in [-0.2, 0) is 0 Å². The molecule has 4 heteroatoms. The summed E-state index contributed by atoms with van der Waals surface area (Å²) in [4.78, 5) is 2.26. The lowest BCUT2D eigenvalue weighted by Crippen LogP contribution is -2.35. The smallest absolute Gasteiger partial charge is 0.169 e. The molecule has 16 heavy (non-hydrogen) atoms. The first kappa shape index (κ1) is 10.9. The minimum Gasteiger partial charge on any atom is -0.348 e. The summed E-state index contributed by atoms with van der Waals surface area (Å²) in [6, 6.07) is 4.88. The lowest BCUT2D eigenvalue weighted by molar-refractivity contribution is 0.616. The highest BCUT2D eigenvalue weighted by Gasteiger charge is 2.31. The highest BCUT2D eigenvalue weighted by atomic mass is 15.3. The van der Waals surface area contributed by atoms with E-state index in [1.165, 1.54) is 12.8 Å². The van der Waals surface area contributed by atoms with Gasteiger partial charge in [0.1, 0.15) is 6.07 Å². The molecule has 2 rings (SSSR count). The van der Waals surface area contributed by atoms with E-state index in [1.54, 1.807) is 12.3 Å². The minimum absolute atomic E-state index is 0.453. The fourth-order valence-corrected chi connectivity index (χ4v) is 2.46. The standard InChI is InChI=1S/C12H16N4/c1-3-11-5-4-9(2)16(11)12-10(8-13)6-7-14-15-12/h6-7,9,11H,3-5H2,1-2H3. The van der Waals surface area contributed by atoms with Crippen LogP contribution in [0.3, 0.4) is 0 Å². The van der Waals surface area contributed by atoms with Crippen LogP contribution in [-0.4, -0.2) is 22.3 Å². The van der Waals surface area contributed by atoms with Crippen molar-refractivity contribution < 1.29 is 0 Å². The number of hydrogen-bond donors (Lipinski definition) is 0. The molecule has 1 aromatic heterocycles. The molecule has 0 N–H and O–H groups in total. The second-order valence-electron chi connectivity index (χ2n) is 4.28. The van der Waals surface area contributed by atoms with Crippen LogP contribution in [0.4, 0.5) is 5.82 Å². The fraction of sp³-hybridized carbons (Fsp3) is 0.583. The molecule has 0 radical (unpaired) electrons. The van der Waals surface area contributed by atoms with E-state index in [0.717, 1.165) is 12.2 Å². The predicted octanol–water partition coefficient (Wildman–Crippen LogP) is 2.12. The largest absolute Gasteiger partial charge is 0.348 e. The maximum absolute atomic E-state index is 9.08. The van der Waals surface area contributed by atoms with E-state index in [4.69, 9.17) is 5.26 Å². The molecule has 2 heterocycles. The van der Waals surface area contributed by atoms with Gasteiger partial charge in [-0.15, -0.1) is 5.10 Å². The molecular formula is C12H16N4. The molecule has 0 aromatic carbocycles. The van der Waals surface area contributed by atoms with E-state index in [2.05, 4.69) is 35.0 Å². The van der Waals surface area contributed by atoms with Gasteiger partial charge < -0.3 is 4.90 Å². The van der Waals surface area contributed by atoms with Gasteiger partial charge in [-0.05, 0) is 32.3 Å². The fourth-order valence-electron chi connectivity index (χ4n) is 2.46. The molecule has 0 spiro atoms. The van der Waals surface area contributed by atoms with Crippen LogP contribution in [0.25, 0.3) is 0 Å². The van der Waals surface area contributed by atoms with Crippen molar-refractivity contribution in [1.29, 1.82) is 5.26 Å². The van der Waals surface area contributed by atoms with E-state index in [1.807, 2.05) is 0 Å². The van der Waals surface area contributed by atoms with E-state index in [9.17, 15) is 0 Å². The highest BCUT2D eigenvalue weighted by Crippen LogP contribution is 2.31. The van der Waals surface area contributed by atoms with E-state index >= 15 is 0 Å². The van der Waals surface area contributed by atoms with Gasteiger partial charge in [0.25, 0.3) is 0 Å². The van der Waals surface area contributed by atoms with Gasteiger partial charge in [0.05, 0.1) is 11.8 Å². The maximum Gasteiger partial charge on any atom is 0.169 e. The van der Waals surface area contributed by atoms with Gasteiger partial charge in [0, 0.05) is 12.1 Å². The van der Waals surface area contributed by atoms with Gasteiger partial charge in [-0.2, -0.15) is 10.4 Å². The van der Waals surface area contributed by atoms with Crippen molar-refractivity contribution >= 4 is 5.82 Å². The Kier molecular flexibility index (Phi) is 3.04. The topological polar surface area (TPSA) is 52.8 Å². The van der Waals surface area contributed by atoms with Crippen molar-refractivity contribution in [2.75, 3.05) is 4.90 Å². The molecule has 0 aliphatic carbocycles. The van der Waals surface area contributed by atoms with Crippen LogP contribution in [0.15, 0.2) is 12.3 Å². The zero-order valence-electron chi connectivity index (χ0n) is 9.72. The Balaban J connectivity index is 2.39. The molecule has 0 amide bonds. The summed E-state index contributed by atoms with van der Waals surface area (Å²) in [7, 11) is 0. The van der Waals surface area contributed by atoms with Crippen molar-refractivity contribution in [2.45, 2.75) is 45.2 Å². The lowest BCUT2D eigenvalue weighted by Gasteiger charge is -2.29. The summed E-state index contributed by atoms with van der Waals surface area (Å²) in [5.41, 5.74) is 0.627. The van der Waals surface area contributed by atoms with Gasteiger partial charge in [0.15, 0.2) is 5.82 Å². The zero-order chi connectivity index (χ0) is 11.5. The minimum atomic E-state index is 0.453. The molecule has 2 unspecified atom stereocenters. The Morgan fingerprint density at radius 1 is 1.56 bits per heavy atom. The number of anilines is 1. The highest BCUT2D eigenvalue weighted by molar-refractivity contribution is 5.54. The van der Waals surface area contributed by atoms with Crippen LogP contribution in [0, 0.1) is 11.3 Å². The van der Waals surface area contributed by atoms with Gasteiger partial charge in [-0.1, -0.05) is 6.92 Å². The maximum atomic E-state index is 9.08. The lowest BCUT2D eigenvalue weighted by atomic mass is 10.1. The number of nitriles is 1. The monoisotopic (exact) mass is 216 g/mol. The molecule has 1 aliphatic rings. The number of hydrogen-bond acceptors (Lipinski definition) is 4. The Labute approximate surface area is 95.9 Å². The van der Waals surface area contributed by atoms with Crippen LogP contribution >= 0.6 is 0 Å². The van der Waals surface area contributed by atoms with Crippen LogP contribution in [0.5, 0.6) is 0 Å². The zero-order valence-corrected chi connectivity index (χ0v) is 9.72. The second-order valence-corrected chi connectivity index (χ2v) is 4.28. The summed E-state index contributed by atoms with van der Waals surface area (Å²) >= 11 is 0. The van der Waals surface area contributed by atoms with Crippen molar-refractivity contribution in [3.63, 3.8) is 0 Å². The molecule has 4 nitrogen and oxygen atoms in total. The van der Waals surface area contributed by atoms with Gasteiger partial charge in [-0.25, -0.2) is 0 Å². The first-order valence-electron chi connectivity index (χ1n) is 5.78. The Hall–Kier alpha value is -1.63. The molecule has 1 aliphatic heterocycles. The summed E-state index contributed by atoms with van der Waals surface area (Å²) in [6.07, 6.45) is 5.01. The summed E-state index contributed by atoms with van der Waals surface area (Å²) in [6.45, 7) is 4.36. The number of nitrogens with zero attached hydrogens (tertiary/aromatic N) is 4. The Morgan fingerprint density at radius 3 is 3.06 bits per heavy atom. The van der Waals surface area contributed by atoms with E-state index < -0.39 is 0 Å². The van der Waals surface area contributed by atoms with Crippen LogP contribution in [0.2, 0.25) is 0 Å². The molecule has 0 bridgehead atoms. The van der Waals surface area contributed by atoms with Crippen molar-refractivity contribution in [3.8, 4) is 6.07 Å². The third-order valence-electron chi connectivity index (χ3n) is 3.32. The van der Waals surface area contributed by atoms with Gasteiger partial charge in [0.2, 0.25) is 0 Å². The second kappa shape index (κ2) is 4.48. The molecule has 2 atom stereocenters. The average molecular weight is 216 g/mol. The van der Waals surface area contributed by atoms with Crippen molar-refractivity contribution in [1.82, 2.24) is 10.2 Å². The quantitative estimate of drug-likeness (QED) is 0.759. The molecule has 1 saturated heterocycles. The van der Waals surface area contributed by atoms with E-state index in [0.29, 0.717) is 17.6 Å². The summed E-state index contributed by atoms with van der Waals surface area (Å²) < 4.78 is 0. The number of aromatic nitrogens is 2. The normalized spacial score (nSPS) is 24.4. The summed E-state index contributed by atoms with van der Waals surface area (Å²) in [5, 5.41) is 17.1. The van der Waals surface area contributed by atoms with Crippen LogP contribution in [0.1, 0.15) is 38.7 Å². The molecule has 1 aromatic rings. The van der Waals surface area contributed by atoms with E-state index in [-0.39, 0.29) is 0 Å². The first-order chi connectivity index (χ1) is 7.77. The molecule has 1 fully saturated rings. The van der Waals surface area contributed by atoms with Crippen molar-refractivity contribution in [3.05, 3.63) is 17.8 Å². The summed E-state index contributed by atoms with van der Waals surface area (Å²) in [5.74, 6) is 0.752. The third kappa shape index (κ3) is 1.73. The SMILES string of the molecule is CCC1CCC(C)N1c1nnccc1C#N. The van der Waals surface area contributed by atoms with Gasteiger partial charge in [-0.3, -0.25) is 0 Å². The average Bonchev–Trinajstić information content (AvgIpc) is 2.70. The Morgan fingerprint density at radius 2 is 2.38 bits per heavy atom. The van der Waals surface area contributed by atoms with Crippen LogP contribution < -0.4 is 4.90 Å². The third-order valence-corrected chi connectivity index (χ3v) is 3.32. The molecule has 0 saturated carbocycles. The predicted molar refractivity (Wildman–Crippen MR) is 62.0 cm³/mol. The molecule has 84 valence electrons. The Bertz CT molecular complexity index is 410. The van der Waals surface area contributed by atoms with Gasteiger partial charge >= 0.3 is 0 Å². The first-order valence-corrected chi connectivity index (χ1v) is 5.78. The molecular weight excluding hydrogens is 200 g/mol.